The van der Waals surface area contributed by atoms with Crippen LogP contribution >= 0.6 is 35.3 Å². The van der Waals surface area contributed by atoms with Gasteiger partial charge in [-0.05, 0) is 61.7 Å². The molecule has 196 valence electrons. The van der Waals surface area contributed by atoms with Gasteiger partial charge in [0, 0.05) is 6.42 Å². The van der Waals surface area contributed by atoms with Crippen molar-refractivity contribution in [3.05, 3.63) is 0 Å². The van der Waals surface area contributed by atoms with Crippen LogP contribution in [0.4, 0.5) is 0 Å². The third-order valence-electron chi connectivity index (χ3n) is 4.72. The van der Waals surface area contributed by atoms with Crippen molar-refractivity contribution in [2.24, 2.45) is 5.73 Å². The maximum absolute atomic E-state index is 13.0. The van der Waals surface area contributed by atoms with Crippen LogP contribution in [0.1, 0.15) is 32.1 Å². The zero-order valence-corrected chi connectivity index (χ0v) is 22.2. The molecule has 0 radical (unpaired) electrons. The van der Waals surface area contributed by atoms with Gasteiger partial charge in [0.2, 0.25) is 17.7 Å². The van der Waals surface area contributed by atoms with E-state index in [4.69, 9.17) is 10.8 Å². The summed E-state index contributed by atoms with van der Waals surface area (Å²) in [5.41, 5.74) is 5.90. The Labute approximate surface area is 212 Å². The highest BCUT2D eigenvalue weighted by Crippen LogP contribution is 2.07. The van der Waals surface area contributed by atoms with Crippen LogP contribution in [-0.2, 0) is 24.0 Å². The maximum atomic E-state index is 13.0. The van der Waals surface area contributed by atoms with Crippen molar-refractivity contribution in [2.75, 3.05) is 36.0 Å². The number of aliphatic carboxylic acids is 2. The second-order valence-electron chi connectivity index (χ2n) is 7.41. The van der Waals surface area contributed by atoms with Gasteiger partial charge in [-0.25, -0.2) is 4.79 Å². The fraction of sp³-hybridized carbons (Fsp3) is 0.750. The number of nitrogens with two attached hydrogens (primary N) is 1. The summed E-state index contributed by atoms with van der Waals surface area (Å²) >= 11 is 4.49. The lowest BCUT2D eigenvalue weighted by Gasteiger charge is -2.25. The Morgan fingerprint density at radius 2 is 1.09 bits per heavy atom. The quantitative estimate of drug-likeness (QED) is 0.129. The third kappa shape index (κ3) is 13.9. The molecule has 0 saturated carbocycles. The van der Waals surface area contributed by atoms with Crippen molar-refractivity contribution in [3.63, 3.8) is 0 Å². The summed E-state index contributed by atoms with van der Waals surface area (Å²) < 4.78 is 0. The first-order valence-corrected chi connectivity index (χ1v) is 14.8. The minimum Gasteiger partial charge on any atom is -0.481 e. The lowest BCUT2D eigenvalue weighted by Crippen LogP contribution is -2.57. The first kappa shape index (κ1) is 32.4. The van der Waals surface area contributed by atoms with Crippen LogP contribution in [0, 0.1) is 0 Å². The van der Waals surface area contributed by atoms with Crippen molar-refractivity contribution >= 4 is 64.9 Å². The molecule has 0 aliphatic rings. The lowest BCUT2D eigenvalue weighted by molar-refractivity contribution is -0.143. The summed E-state index contributed by atoms with van der Waals surface area (Å²) in [6.07, 6.45) is 5.85. The number of amides is 3. The van der Waals surface area contributed by atoms with E-state index >= 15 is 0 Å². The standard InChI is InChI=1S/C20H36N4O7S3/c1-32-9-6-12(21)17(27)22-13(7-10-33-2)18(28)23-14(8-11-34-3)19(29)24-15(20(30)31)4-5-16(25)26/h12-15H,4-11,21H2,1-3H3,(H,22,27)(H,23,28)(H,24,29)(H,25,26)(H,30,31). The molecule has 0 rings (SSSR count). The van der Waals surface area contributed by atoms with Gasteiger partial charge in [-0.1, -0.05) is 0 Å². The summed E-state index contributed by atoms with van der Waals surface area (Å²) in [5, 5.41) is 25.7. The average Bonchev–Trinajstić information content (AvgIpc) is 2.79. The smallest absolute Gasteiger partial charge is 0.326 e. The zero-order valence-electron chi connectivity index (χ0n) is 19.7. The highest BCUT2D eigenvalue weighted by Gasteiger charge is 2.30. The number of nitrogens with one attached hydrogen (secondary N) is 3. The van der Waals surface area contributed by atoms with E-state index in [1.165, 1.54) is 23.5 Å². The van der Waals surface area contributed by atoms with Crippen molar-refractivity contribution in [1.82, 2.24) is 16.0 Å². The molecule has 14 heteroatoms. The number of thioether (sulfide) groups is 3. The molecule has 3 amide bonds. The predicted octanol–water partition coefficient (Wildman–Crippen LogP) is -0.0232. The normalized spacial score (nSPS) is 14.4. The van der Waals surface area contributed by atoms with Gasteiger partial charge >= 0.3 is 11.9 Å². The van der Waals surface area contributed by atoms with E-state index in [1.807, 2.05) is 18.8 Å². The van der Waals surface area contributed by atoms with E-state index < -0.39 is 60.2 Å². The van der Waals surface area contributed by atoms with Crippen molar-refractivity contribution in [1.29, 1.82) is 0 Å². The predicted molar refractivity (Wildman–Crippen MR) is 137 cm³/mol. The molecule has 0 spiro atoms. The summed E-state index contributed by atoms with van der Waals surface area (Å²) in [5.74, 6) is -2.53. The molecular weight excluding hydrogens is 504 g/mol. The monoisotopic (exact) mass is 540 g/mol. The van der Waals surface area contributed by atoms with Crippen molar-refractivity contribution in [3.8, 4) is 0 Å². The Morgan fingerprint density at radius 3 is 1.50 bits per heavy atom. The van der Waals surface area contributed by atoms with Crippen LogP contribution in [0.5, 0.6) is 0 Å². The summed E-state index contributed by atoms with van der Waals surface area (Å²) in [4.78, 5) is 60.4. The van der Waals surface area contributed by atoms with Gasteiger partial charge in [-0.15, -0.1) is 0 Å². The minimum atomic E-state index is -1.40. The molecule has 34 heavy (non-hydrogen) atoms. The molecule has 0 aromatic heterocycles. The molecule has 0 bridgehead atoms. The molecule has 11 nitrogen and oxygen atoms in total. The van der Waals surface area contributed by atoms with Crippen LogP contribution in [-0.4, -0.2) is 100 Å². The number of carboxylic acids is 2. The number of hydrogen-bond acceptors (Lipinski definition) is 9. The summed E-state index contributed by atoms with van der Waals surface area (Å²) in [7, 11) is 0. The fourth-order valence-corrected chi connectivity index (χ4v) is 4.17. The fourth-order valence-electron chi connectivity index (χ4n) is 2.73. The second kappa shape index (κ2) is 18.7. The van der Waals surface area contributed by atoms with Crippen LogP contribution < -0.4 is 21.7 Å². The molecule has 0 aromatic carbocycles. The van der Waals surface area contributed by atoms with Crippen molar-refractivity contribution in [2.45, 2.75) is 56.3 Å². The van der Waals surface area contributed by atoms with E-state index in [9.17, 15) is 29.1 Å². The van der Waals surface area contributed by atoms with Gasteiger partial charge in [0.05, 0.1) is 6.04 Å². The zero-order chi connectivity index (χ0) is 26.1. The molecular formula is C20H36N4O7S3. The van der Waals surface area contributed by atoms with Gasteiger partial charge < -0.3 is 31.9 Å². The Hall–Kier alpha value is -1.64. The molecule has 0 fully saturated rings. The molecule has 0 aliphatic heterocycles. The summed E-state index contributed by atoms with van der Waals surface area (Å²) in [6.45, 7) is 0. The molecule has 7 N–H and O–H groups in total. The SMILES string of the molecule is CSCCC(N)C(=O)NC(CCSC)C(=O)NC(CCSC)C(=O)NC(CCC(=O)O)C(=O)O. The number of carbonyl (C=O) groups is 5. The molecule has 0 heterocycles. The molecule has 0 aliphatic carbocycles. The molecule has 0 aromatic rings. The Morgan fingerprint density at radius 1 is 0.676 bits per heavy atom. The summed E-state index contributed by atoms with van der Waals surface area (Å²) in [6, 6.07) is -4.13. The number of hydrogen-bond donors (Lipinski definition) is 6. The van der Waals surface area contributed by atoms with Gasteiger partial charge in [-0.2, -0.15) is 35.3 Å². The molecule has 0 saturated heterocycles. The Kier molecular flexibility index (Phi) is 17.8. The molecule has 4 unspecified atom stereocenters. The highest BCUT2D eigenvalue weighted by molar-refractivity contribution is 7.98. The van der Waals surface area contributed by atoms with Crippen LogP contribution in [0.3, 0.4) is 0 Å². The van der Waals surface area contributed by atoms with Gasteiger partial charge in [0.25, 0.3) is 0 Å². The largest absolute Gasteiger partial charge is 0.481 e. The van der Waals surface area contributed by atoms with Crippen LogP contribution in [0.15, 0.2) is 0 Å². The number of rotatable bonds is 19. The molecule has 4 atom stereocenters. The Balaban J connectivity index is 5.37. The number of carbonyl (C=O) groups excluding carboxylic acids is 3. The van der Waals surface area contributed by atoms with Crippen LogP contribution in [0.25, 0.3) is 0 Å². The lowest BCUT2D eigenvalue weighted by atomic mass is 10.1. The van der Waals surface area contributed by atoms with E-state index in [0.29, 0.717) is 30.1 Å². The second-order valence-corrected chi connectivity index (χ2v) is 10.4. The minimum absolute atomic E-state index is 0.223. The van der Waals surface area contributed by atoms with E-state index in [2.05, 4.69) is 16.0 Å². The Bertz CT molecular complexity index is 685. The maximum Gasteiger partial charge on any atom is 0.326 e. The first-order chi connectivity index (χ1) is 16.1. The van der Waals surface area contributed by atoms with Gasteiger partial charge in [-0.3, -0.25) is 19.2 Å². The van der Waals surface area contributed by atoms with Gasteiger partial charge in [0.1, 0.15) is 18.1 Å². The van der Waals surface area contributed by atoms with E-state index in [-0.39, 0.29) is 12.8 Å². The highest BCUT2D eigenvalue weighted by atomic mass is 32.2. The van der Waals surface area contributed by atoms with E-state index in [1.54, 1.807) is 11.8 Å². The van der Waals surface area contributed by atoms with Gasteiger partial charge in [0.15, 0.2) is 0 Å². The van der Waals surface area contributed by atoms with Crippen LogP contribution in [0.2, 0.25) is 0 Å². The topological polar surface area (TPSA) is 188 Å². The number of carboxylic acid groups (broad SMARTS) is 2. The average molecular weight is 541 g/mol. The first-order valence-electron chi connectivity index (χ1n) is 10.6. The van der Waals surface area contributed by atoms with Crippen molar-refractivity contribution < 1.29 is 34.2 Å². The third-order valence-corrected chi connectivity index (χ3v) is 6.65. The van der Waals surface area contributed by atoms with E-state index in [0.717, 1.165) is 0 Å².